The van der Waals surface area contributed by atoms with Crippen LogP contribution in [0.1, 0.15) is 36.2 Å². The SMILES string of the molecule is CCC(=O)N(CCCOC)CC(=O)N1CCc2sccc2[C@H]1COc1ccccc1F. The highest BCUT2D eigenvalue weighted by molar-refractivity contribution is 7.10. The Morgan fingerprint density at radius 2 is 2.10 bits per heavy atom. The molecule has 0 unspecified atom stereocenters. The molecule has 0 bridgehead atoms. The Hall–Kier alpha value is -2.45. The van der Waals surface area contributed by atoms with E-state index in [1.165, 1.54) is 10.9 Å². The van der Waals surface area contributed by atoms with Gasteiger partial charge in [-0.2, -0.15) is 0 Å². The standard InChI is InChI=1S/C23H29FN2O4S/c1-3-22(27)25(11-6-13-29-2)15-23(28)26-12-9-21-17(10-14-31-21)19(26)16-30-20-8-5-4-7-18(20)24/h4-5,7-8,10,14,19H,3,6,9,11-13,15-16H2,1-2H3/t19-/m1/s1. The predicted octanol–water partition coefficient (Wildman–Crippen LogP) is 3.67. The highest BCUT2D eigenvalue weighted by Crippen LogP contribution is 2.34. The van der Waals surface area contributed by atoms with Gasteiger partial charge in [0.25, 0.3) is 0 Å². The Balaban J connectivity index is 1.74. The third-order valence-electron chi connectivity index (χ3n) is 5.41. The molecule has 3 rings (SSSR count). The number of nitrogens with zero attached hydrogens (tertiary/aromatic N) is 2. The number of para-hydroxylation sites is 1. The number of halogens is 1. The number of hydrogen-bond donors (Lipinski definition) is 0. The van der Waals surface area contributed by atoms with E-state index in [2.05, 4.69) is 0 Å². The zero-order valence-corrected chi connectivity index (χ0v) is 18.8. The first-order valence-corrected chi connectivity index (χ1v) is 11.4. The predicted molar refractivity (Wildman–Crippen MR) is 118 cm³/mol. The van der Waals surface area contributed by atoms with Gasteiger partial charge in [0, 0.05) is 38.1 Å². The van der Waals surface area contributed by atoms with Crippen molar-refractivity contribution in [2.75, 3.05) is 40.0 Å². The molecule has 0 aliphatic carbocycles. The van der Waals surface area contributed by atoms with E-state index in [0.717, 1.165) is 12.0 Å². The first kappa shape index (κ1) is 23.2. The van der Waals surface area contributed by atoms with Crippen LogP contribution in [0.25, 0.3) is 0 Å². The zero-order valence-electron chi connectivity index (χ0n) is 18.0. The third-order valence-corrected chi connectivity index (χ3v) is 6.40. The molecular weight excluding hydrogens is 419 g/mol. The summed E-state index contributed by atoms with van der Waals surface area (Å²) < 4.78 is 24.9. The van der Waals surface area contributed by atoms with Crippen LogP contribution < -0.4 is 4.74 Å². The summed E-state index contributed by atoms with van der Waals surface area (Å²) in [6, 6.07) is 7.94. The second kappa shape index (κ2) is 11.2. The van der Waals surface area contributed by atoms with Crippen molar-refractivity contribution in [1.82, 2.24) is 9.80 Å². The fourth-order valence-electron chi connectivity index (χ4n) is 3.77. The average Bonchev–Trinajstić information content (AvgIpc) is 3.26. The Morgan fingerprint density at radius 1 is 1.29 bits per heavy atom. The van der Waals surface area contributed by atoms with Gasteiger partial charge in [-0.05, 0) is 42.0 Å². The molecular formula is C23H29FN2O4S. The minimum Gasteiger partial charge on any atom is -0.488 e. The normalized spacial score (nSPS) is 15.5. The van der Waals surface area contributed by atoms with E-state index in [0.29, 0.717) is 32.5 Å². The molecule has 168 valence electrons. The second-order valence-electron chi connectivity index (χ2n) is 7.41. The highest BCUT2D eigenvalue weighted by atomic mass is 32.1. The highest BCUT2D eigenvalue weighted by Gasteiger charge is 2.33. The Bertz CT molecular complexity index is 888. The fourth-order valence-corrected chi connectivity index (χ4v) is 4.70. The molecule has 0 fully saturated rings. The van der Waals surface area contributed by atoms with Crippen LogP contribution >= 0.6 is 11.3 Å². The maximum Gasteiger partial charge on any atom is 0.242 e. The maximum atomic E-state index is 14.0. The summed E-state index contributed by atoms with van der Waals surface area (Å²) in [5.74, 6) is -0.450. The summed E-state index contributed by atoms with van der Waals surface area (Å²) in [4.78, 5) is 30.2. The van der Waals surface area contributed by atoms with Gasteiger partial charge in [-0.3, -0.25) is 9.59 Å². The molecule has 0 spiro atoms. The number of thiophene rings is 1. The molecule has 2 aromatic rings. The van der Waals surface area contributed by atoms with Crippen LogP contribution in [0.4, 0.5) is 4.39 Å². The van der Waals surface area contributed by atoms with Gasteiger partial charge in [-0.15, -0.1) is 11.3 Å². The van der Waals surface area contributed by atoms with Gasteiger partial charge in [-0.25, -0.2) is 4.39 Å². The van der Waals surface area contributed by atoms with E-state index in [1.807, 2.05) is 11.4 Å². The Labute approximate surface area is 186 Å². The lowest BCUT2D eigenvalue weighted by atomic mass is 10.0. The number of carbonyl (C=O) groups is 2. The first-order valence-electron chi connectivity index (χ1n) is 10.5. The van der Waals surface area contributed by atoms with Crippen molar-refractivity contribution < 1.29 is 23.5 Å². The molecule has 8 heteroatoms. The molecule has 2 amide bonds. The monoisotopic (exact) mass is 448 g/mol. The molecule has 2 heterocycles. The number of methoxy groups -OCH3 is 1. The quantitative estimate of drug-likeness (QED) is 0.521. The lowest BCUT2D eigenvalue weighted by Crippen LogP contribution is -2.48. The number of hydrogen-bond acceptors (Lipinski definition) is 5. The molecule has 6 nitrogen and oxygen atoms in total. The molecule has 0 saturated heterocycles. The van der Waals surface area contributed by atoms with Crippen molar-refractivity contribution in [3.63, 3.8) is 0 Å². The van der Waals surface area contributed by atoms with Crippen LogP contribution in [0.5, 0.6) is 5.75 Å². The van der Waals surface area contributed by atoms with Crippen molar-refractivity contribution in [2.45, 2.75) is 32.2 Å². The minimum absolute atomic E-state index is 0.0199. The first-order chi connectivity index (χ1) is 15.0. The molecule has 0 radical (unpaired) electrons. The number of carbonyl (C=O) groups excluding carboxylic acids is 2. The number of benzene rings is 1. The smallest absolute Gasteiger partial charge is 0.242 e. The van der Waals surface area contributed by atoms with E-state index >= 15 is 0 Å². The molecule has 1 aromatic heterocycles. The summed E-state index contributed by atoms with van der Waals surface area (Å²) >= 11 is 1.66. The van der Waals surface area contributed by atoms with E-state index < -0.39 is 5.82 Å². The van der Waals surface area contributed by atoms with Crippen LogP contribution in [0, 0.1) is 5.82 Å². The van der Waals surface area contributed by atoms with Crippen LogP contribution in [0.2, 0.25) is 0 Å². The molecule has 0 saturated carbocycles. The van der Waals surface area contributed by atoms with E-state index in [1.54, 1.807) is 53.4 Å². The van der Waals surface area contributed by atoms with Crippen molar-refractivity contribution in [1.29, 1.82) is 0 Å². The maximum absolute atomic E-state index is 14.0. The van der Waals surface area contributed by atoms with Gasteiger partial charge in [0.05, 0.1) is 12.6 Å². The zero-order chi connectivity index (χ0) is 22.2. The van der Waals surface area contributed by atoms with Crippen molar-refractivity contribution in [3.8, 4) is 5.75 Å². The molecule has 31 heavy (non-hydrogen) atoms. The van der Waals surface area contributed by atoms with Gasteiger partial charge in [-0.1, -0.05) is 19.1 Å². The van der Waals surface area contributed by atoms with Crippen molar-refractivity contribution in [3.05, 3.63) is 52.0 Å². The third kappa shape index (κ3) is 5.83. The molecule has 1 aliphatic rings. The molecule has 1 aromatic carbocycles. The van der Waals surface area contributed by atoms with Gasteiger partial charge < -0.3 is 19.3 Å². The Morgan fingerprint density at radius 3 is 2.84 bits per heavy atom. The number of rotatable bonds is 10. The number of fused-ring (bicyclic) bond motifs is 1. The van der Waals surface area contributed by atoms with E-state index in [9.17, 15) is 14.0 Å². The summed E-state index contributed by atoms with van der Waals surface area (Å²) in [7, 11) is 1.61. The topological polar surface area (TPSA) is 59.1 Å². The van der Waals surface area contributed by atoms with E-state index in [4.69, 9.17) is 9.47 Å². The van der Waals surface area contributed by atoms with Crippen LogP contribution in [-0.2, 0) is 20.7 Å². The summed E-state index contributed by atoms with van der Waals surface area (Å²) in [5.41, 5.74) is 1.04. The number of ether oxygens (including phenoxy) is 2. The van der Waals surface area contributed by atoms with Crippen LogP contribution in [0.15, 0.2) is 35.7 Å². The van der Waals surface area contributed by atoms with Gasteiger partial charge >= 0.3 is 0 Å². The van der Waals surface area contributed by atoms with Crippen LogP contribution in [0.3, 0.4) is 0 Å². The molecule has 1 aliphatic heterocycles. The largest absolute Gasteiger partial charge is 0.488 e. The van der Waals surface area contributed by atoms with E-state index in [-0.39, 0.29) is 36.8 Å². The van der Waals surface area contributed by atoms with Gasteiger partial charge in [0.2, 0.25) is 11.8 Å². The summed E-state index contributed by atoms with van der Waals surface area (Å²) in [6.45, 7) is 3.51. The molecule has 0 N–H and O–H groups in total. The lowest BCUT2D eigenvalue weighted by molar-refractivity contribution is -0.142. The summed E-state index contributed by atoms with van der Waals surface area (Å²) in [6.07, 6.45) is 1.78. The van der Waals surface area contributed by atoms with Gasteiger partial charge in [0.15, 0.2) is 11.6 Å². The van der Waals surface area contributed by atoms with Gasteiger partial charge in [0.1, 0.15) is 6.61 Å². The lowest BCUT2D eigenvalue weighted by Gasteiger charge is -2.37. The van der Waals surface area contributed by atoms with Crippen LogP contribution in [-0.4, -0.2) is 61.6 Å². The molecule has 1 atom stereocenters. The summed E-state index contributed by atoms with van der Waals surface area (Å²) in [5, 5.41) is 2.01. The average molecular weight is 449 g/mol. The Kier molecular flexibility index (Phi) is 8.43. The number of amides is 2. The second-order valence-corrected chi connectivity index (χ2v) is 8.41. The minimum atomic E-state index is -0.431. The van der Waals surface area contributed by atoms with Crippen molar-refractivity contribution in [2.24, 2.45) is 0 Å². The van der Waals surface area contributed by atoms with Crippen molar-refractivity contribution >= 4 is 23.2 Å². The fraction of sp³-hybridized carbons (Fsp3) is 0.478.